The Morgan fingerprint density at radius 1 is 1.00 bits per heavy atom. The minimum atomic E-state index is -0.867. The van der Waals surface area contributed by atoms with Gasteiger partial charge in [-0.1, -0.05) is 27.7 Å². The summed E-state index contributed by atoms with van der Waals surface area (Å²) in [7, 11) is 0. The molecule has 0 amide bonds. The molecule has 1 aromatic heterocycles. The number of benzene rings is 1. The molecule has 1 aliphatic heterocycles. The number of Topliss-reactive ketones (excluding diaryl/α,β-unsaturated/α-hetero) is 2. The molecule has 30 heavy (non-hydrogen) atoms. The van der Waals surface area contributed by atoms with E-state index >= 15 is 0 Å². The number of ketones is 2. The number of nitrogens with two attached hydrogens (primary N) is 1. The van der Waals surface area contributed by atoms with Gasteiger partial charge in [0.2, 0.25) is 0 Å². The number of nitrogens with zero attached hydrogens (tertiary/aromatic N) is 2. The van der Waals surface area contributed by atoms with Gasteiger partial charge in [0.05, 0.1) is 11.9 Å². The number of anilines is 1. The van der Waals surface area contributed by atoms with Crippen LogP contribution in [0.15, 0.2) is 35.5 Å². The summed E-state index contributed by atoms with van der Waals surface area (Å²) in [5, 5.41) is 0. The molecule has 4 rings (SSSR count). The molecule has 2 aromatic rings. The van der Waals surface area contributed by atoms with E-state index in [0.29, 0.717) is 58.8 Å². The van der Waals surface area contributed by atoms with E-state index < -0.39 is 5.92 Å². The Morgan fingerprint density at radius 3 is 2.40 bits per heavy atom. The monoisotopic (exact) mass is 405 g/mol. The lowest BCUT2D eigenvalue weighted by Gasteiger charge is -2.26. The van der Waals surface area contributed by atoms with Crippen molar-refractivity contribution in [1.82, 2.24) is 4.98 Å². The molecule has 0 fully saturated rings. The highest BCUT2D eigenvalue weighted by Gasteiger charge is 2.42. The number of hydrogen-bond donors (Lipinski definition) is 1. The van der Waals surface area contributed by atoms with Crippen molar-refractivity contribution >= 4 is 28.8 Å². The molecule has 2 N–H and O–H groups in total. The molecule has 2 aliphatic rings. The van der Waals surface area contributed by atoms with Crippen molar-refractivity contribution in [2.24, 2.45) is 22.7 Å². The van der Waals surface area contributed by atoms with Crippen LogP contribution < -0.4 is 10.5 Å². The molecule has 1 atom stereocenters. The first kappa shape index (κ1) is 20.3. The molecule has 0 radical (unpaired) electrons. The largest absolute Gasteiger partial charge is 0.490 e. The molecule has 156 valence electrons. The van der Waals surface area contributed by atoms with E-state index in [1.807, 2.05) is 6.07 Å². The molecule has 6 heteroatoms. The van der Waals surface area contributed by atoms with E-state index in [-0.39, 0.29) is 17.7 Å². The first-order chi connectivity index (χ1) is 14.3. The van der Waals surface area contributed by atoms with Crippen LogP contribution in [0.5, 0.6) is 5.75 Å². The Bertz CT molecular complexity index is 1050. The number of nitrogen functional groups attached to an aromatic ring is 1. The second kappa shape index (κ2) is 7.67. The maximum atomic E-state index is 13.2. The molecule has 2 heterocycles. The predicted octanol–water partition coefficient (Wildman–Crippen LogP) is 4.44. The number of fused-ring (bicyclic) bond motifs is 2. The first-order valence-electron chi connectivity index (χ1n) is 10.5. The van der Waals surface area contributed by atoms with Crippen molar-refractivity contribution in [2.45, 2.75) is 46.6 Å². The smallest absolute Gasteiger partial charge is 0.180 e. The number of ether oxygens (including phenoxy) is 1. The van der Waals surface area contributed by atoms with Gasteiger partial charge < -0.3 is 10.5 Å². The summed E-state index contributed by atoms with van der Waals surface area (Å²) in [5.41, 5.74) is 8.77. The summed E-state index contributed by atoms with van der Waals surface area (Å²) in [6.45, 7) is 8.46. The summed E-state index contributed by atoms with van der Waals surface area (Å²) in [4.78, 5) is 35.0. The van der Waals surface area contributed by atoms with Crippen LogP contribution in [0.1, 0.15) is 60.4 Å². The number of aliphatic imine (C=N–C) groups is 1. The zero-order valence-corrected chi connectivity index (χ0v) is 17.8. The second-order valence-corrected chi connectivity index (χ2v) is 8.79. The maximum Gasteiger partial charge on any atom is 0.180 e. The van der Waals surface area contributed by atoms with Crippen LogP contribution in [0.4, 0.5) is 11.5 Å². The van der Waals surface area contributed by atoms with Gasteiger partial charge in [-0.3, -0.25) is 9.59 Å². The second-order valence-electron chi connectivity index (χ2n) is 8.79. The number of hydrogen-bond acceptors (Lipinski definition) is 6. The first-order valence-corrected chi connectivity index (χ1v) is 10.5. The van der Waals surface area contributed by atoms with Crippen LogP contribution in [0, 0.1) is 17.8 Å². The minimum absolute atomic E-state index is 0.0313. The Labute approximate surface area is 176 Å². The maximum absolute atomic E-state index is 13.2. The zero-order chi connectivity index (χ0) is 21.6. The summed E-state index contributed by atoms with van der Waals surface area (Å²) in [6.07, 6.45) is 2.78. The number of rotatable bonds is 5. The van der Waals surface area contributed by atoms with Crippen molar-refractivity contribution in [3.63, 3.8) is 0 Å². The lowest BCUT2D eigenvalue weighted by molar-refractivity contribution is 0.0881. The fourth-order valence-corrected chi connectivity index (χ4v) is 4.42. The molecule has 1 aromatic carbocycles. The Kier molecular flexibility index (Phi) is 5.18. The van der Waals surface area contributed by atoms with Crippen molar-refractivity contribution in [3.8, 4) is 5.75 Å². The van der Waals surface area contributed by atoms with Crippen LogP contribution in [-0.2, 0) is 6.42 Å². The Morgan fingerprint density at radius 2 is 1.70 bits per heavy atom. The van der Waals surface area contributed by atoms with E-state index in [2.05, 4.69) is 37.7 Å². The zero-order valence-electron chi connectivity index (χ0n) is 17.8. The number of carbonyl (C=O) groups excluding carboxylic acids is 2. The van der Waals surface area contributed by atoms with Crippen LogP contribution in [0.2, 0.25) is 0 Å². The molecular formula is C24H27N3O3. The van der Waals surface area contributed by atoms with Gasteiger partial charge in [0.1, 0.15) is 17.8 Å². The summed E-state index contributed by atoms with van der Waals surface area (Å²) >= 11 is 0. The molecule has 1 aliphatic carbocycles. The lowest BCUT2D eigenvalue weighted by atomic mass is 9.91. The van der Waals surface area contributed by atoms with Gasteiger partial charge in [-0.05, 0) is 54.5 Å². The fraction of sp³-hybridized carbons (Fsp3) is 0.417. The summed E-state index contributed by atoms with van der Waals surface area (Å²) in [5.74, 6) is 0.572. The van der Waals surface area contributed by atoms with Crippen LogP contribution in [-0.4, -0.2) is 28.4 Å². The molecular weight excluding hydrogens is 378 g/mol. The van der Waals surface area contributed by atoms with E-state index in [9.17, 15) is 9.59 Å². The topological polar surface area (TPSA) is 94.6 Å². The van der Waals surface area contributed by atoms with Crippen LogP contribution in [0.25, 0.3) is 0 Å². The molecule has 0 saturated carbocycles. The number of aromatic nitrogens is 1. The Balaban J connectivity index is 1.63. The third-order valence-electron chi connectivity index (χ3n) is 5.83. The van der Waals surface area contributed by atoms with Gasteiger partial charge in [-0.15, -0.1) is 0 Å². The van der Waals surface area contributed by atoms with E-state index in [1.165, 1.54) is 0 Å². The van der Waals surface area contributed by atoms with Crippen LogP contribution >= 0.6 is 0 Å². The number of aryl methyl sites for hydroxylation is 1. The lowest BCUT2D eigenvalue weighted by Crippen LogP contribution is -2.29. The quantitative estimate of drug-likeness (QED) is 0.742. The third-order valence-corrected chi connectivity index (χ3v) is 5.83. The minimum Gasteiger partial charge on any atom is -0.490 e. The molecule has 0 bridgehead atoms. The normalized spacial score (nSPS) is 18.1. The fourth-order valence-electron chi connectivity index (χ4n) is 4.42. The highest BCUT2D eigenvalue weighted by atomic mass is 16.5. The van der Waals surface area contributed by atoms with E-state index in [4.69, 9.17) is 10.5 Å². The van der Waals surface area contributed by atoms with Crippen LogP contribution in [0.3, 0.4) is 0 Å². The highest BCUT2D eigenvalue weighted by Crippen LogP contribution is 2.35. The van der Waals surface area contributed by atoms with Gasteiger partial charge in [-0.2, -0.15) is 0 Å². The van der Waals surface area contributed by atoms with Crippen molar-refractivity contribution in [2.75, 3.05) is 5.73 Å². The van der Waals surface area contributed by atoms with Crippen molar-refractivity contribution in [1.29, 1.82) is 0 Å². The predicted molar refractivity (Wildman–Crippen MR) is 117 cm³/mol. The van der Waals surface area contributed by atoms with Crippen molar-refractivity contribution in [3.05, 3.63) is 47.2 Å². The SMILES string of the molecule is CC(C)C(Oc1ccc2c(c1)C(=O)C(C1=Nc3ncc(N)cc3CC1)C2=O)C(C)C. The van der Waals surface area contributed by atoms with Gasteiger partial charge >= 0.3 is 0 Å². The molecule has 0 saturated heterocycles. The van der Waals surface area contributed by atoms with E-state index in [1.54, 1.807) is 24.4 Å². The molecule has 0 spiro atoms. The van der Waals surface area contributed by atoms with Gasteiger partial charge in [0, 0.05) is 16.8 Å². The highest BCUT2D eigenvalue weighted by molar-refractivity contribution is 6.36. The van der Waals surface area contributed by atoms with Gasteiger partial charge in [0.25, 0.3) is 0 Å². The van der Waals surface area contributed by atoms with Gasteiger partial charge in [-0.25, -0.2) is 9.98 Å². The standard InChI is InChI=1S/C24H27N3O3/c1-12(2)23(13(3)4)30-16-6-7-17-18(10-16)22(29)20(21(17)28)19-8-5-14-9-15(25)11-26-24(14)27-19/h6-7,9-13,20,23H,5,8,25H2,1-4H3. The number of pyridine rings is 1. The Hall–Kier alpha value is -3.02. The summed E-state index contributed by atoms with van der Waals surface area (Å²) < 4.78 is 6.17. The van der Waals surface area contributed by atoms with Gasteiger partial charge in [0.15, 0.2) is 17.4 Å². The summed E-state index contributed by atoms with van der Waals surface area (Å²) in [6, 6.07) is 7.05. The number of carbonyl (C=O) groups is 2. The van der Waals surface area contributed by atoms with E-state index in [0.717, 1.165) is 5.56 Å². The average molecular weight is 405 g/mol. The third kappa shape index (κ3) is 3.51. The average Bonchev–Trinajstić information content (AvgIpc) is 2.95. The molecule has 1 unspecified atom stereocenters. The molecule has 6 nitrogen and oxygen atoms in total. The van der Waals surface area contributed by atoms with Crippen molar-refractivity contribution < 1.29 is 14.3 Å².